The van der Waals surface area contributed by atoms with Crippen LogP contribution in [0, 0.1) is 0 Å². The van der Waals surface area contributed by atoms with E-state index >= 15 is 0 Å². The number of anilines is 1. The average molecular weight is 446 g/mol. The number of ether oxygens (including phenoxy) is 1. The summed E-state index contributed by atoms with van der Waals surface area (Å²) in [6.45, 7) is 0. The maximum Gasteiger partial charge on any atom is 0.255 e. The van der Waals surface area contributed by atoms with E-state index in [1.807, 2.05) is 102 Å². The van der Waals surface area contributed by atoms with Crippen LogP contribution in [0.15, 0.2) is 115 Å². The van der Waals surface area contributed by atoms with Gasteiger partial charge in [0.15, 0.2) is 0 Å². The maximum absolute atomic E-state index is 12.7. The van der Waals surface area contributed by atoms with Crippen LogP contribution in [0.2, 0.25) is 0 Å². The van der Waals surface area contributed by atoms with Crippen LogP contribution in [-0.2, 0) is 0 Å². The second-order valence-electron chi connectivity index (χ2n) is 7.79. The minimum absolute atomic E-state index is 0.176. The van der Waals surface area contributed by atoms with E-state index in [1.54, 1.807) is 7.11 Å². The highest BCUT2D eigenvalue weighted by Crippen LogP contribution is 2.29. The number of amides is 1. The van der Waals surface area contributed by atoms with E-state index in [0.717, 1.165) is 34.0 Å². The second-order valence-corrected chi connectivity index (χ2v) is 7.79. The number of benzene rings is 4. The predicted molar refractivity (Wildman–Crippen MR) is 135 cm³/mol. The molecule has 5 aromatic rings. The average Bonchev–Trinajstić information content (AvgIpc) is 3.36. The minimum atomic E-state index is -0.176. The molecule has 5 nitrogen and oxygen atoms in total. The summed E-state index contributed by atoms with van der Waals surface area (Å²) in [5, 5.41) is 7.80. The van der Waals surface area contributed by atoms with E-state index in [9.17, 15) is 4.79 Å². The third kappa shape index (κ3) is 4.45. The molecule has 1 heterocycles. The van der Waals surface area contributed by atoms with Gasteiger partial charge in [-0.05, 0) is 54.6 Å². The summed E-state index contributed by atoms with van der Waals surface area (Å²) in [7, 11) is 1.61. The first kappa shape index (κ1) is 21.2. The van der Waals surface area contributed by atoms with E-state index < -0.39 is 0 Å². The molecule has 5 heteroatoms. The lowest BCUT2D eigenvalue weighted by molar-refractivity contribution is 0.102. The zero-order chi connectivity index (χ0) is 23.3. The number of nitrogens with one attached hydrogen (secondary N) is 1. The molecule has 1 aromatic heterocycles. The summed E-state index contributed by atoms with van der Waals surface area (Å²) < 4.78 is 7.08. The number of carbonyl (C=O) groups excluding carboxylic acids is 1. The molecular formula is C29H23N3O2. The van der Waals surface area contributed by atoms with Gasteiger partial charge in [0.05, 0.1) is 24.2 Å². The van der Waals surface area contributed by atoms with Gasteiger partial charge in [-0.3, -0.25) is 4.79 Å². The van der Waals surface area contributed by atoms with Gasteiger partial charge in [0.25, 0.3) is 5.91 Å². The molecule has 0 saturated carbocycles. The van der Waals surface area contributed by atoms with Crippen molar-refractivity contribution in [2.75, 3.05) is 12.4 Å². The van der Waals surface area contributed by atoms with E-state index in [-0.39, 0.29) is 5.91 Å². The monoisotopic (exact) mass is 445 g/mol. The number of carbonyl (C=O) groups is 1. The molecule has 0 atom stereocenters. The first-order chi connectivity index (χ1) is 16.7. The molecule has 166 valence electrons. The van der Waals surface area contributed by atoms with Gasteiger partial charge in [0, 0.05) is 22.4 Å². The van der Waals surface area contributed by atoms with Crippen molar-refractivity contribution in [3.63, 3.8) is 0 Å². The third-order valence-electron chi connectivity index (χ3n) is 5.57. The van der Waals surface area contributed by atoms with Gasteiger partial charge in [-0.15, -0.1) is 0 Å². The van der Waals surface area contributed by atoms with Gasteiger partial charge in [-0.2, -0.15) is 5.10 Å². The number of rotatable bonds is 6. The number of aromatic nitrogens is 2. The van der Waals surface area contributed by atoms with Gasteiger partial charge in [-0.25, -0.2) is 4.68 Å². The molecule has 1 N–H and O–H groups in total. The summed E-state index contributed by atoms with van der Waals surface area (Å²) in [5.41, 5.74) is 6.14. The molecule has 4 aromatic carbocycles. The normalized spacial score (nSPS) is 10.6. The summed E-state index contributed by atoms with van der Waals surface area (Å²) in [5.74, 6) is 0.566. The summed E-state index contributed by atoms with van der Waals surface area (Å²) >= 11 is 0. The zero-order valence-corrected chi connectivity index (χ0v) is 18.7. The van der Waals surface area contributed by atoms with E-state index in [4.69, 9.17) is 9.84 Å². The number of hydrogen-bond acceptors (Lipinski definition) is 3. The largest absolute Gasteiger partial charge is 0.497 e. The molecule has 0 aliphatic rings. The smallest absolute Gasteiger partial charge is 0.255 e. The fourth-order valence-corrected chi connectivity index (χ4v) is 3.77. The Kier molecular flexibility index (Phi) is 5.91. The van der Waals surface area contributed by atoms with E-state index in [0.29, 0.717) is 11.3 Å². The molecule has 0 unspecified atom stereocenters. The molecule has 0 fully saturated rings. The Morgan fingerprint density at radius 2 is 1.38 bits per heavy atom. The molecule has 0 spiro atoms. The minimum Gasteiger partial charge on any atom is -0.497 e. The maximum atomic E-state index is 12.7. The SMILES string of the molecule is COc1ccc(NC(=O)c2ccc(-n3nc(-c4ccccc4)cc3-c3ccccc3)cc2)cc1. The molecule has 0 radical (unpaired) electrons. The standard InChI is InChI=1S/C29H23N3O2/c1-34-26-18-14-24(15-19-26)30-29(33)23-12-16-25(17-13-23)32-28(22-10-6-3-7-11-22)20-27(31-32)21-8-4-2-5-9-21/h2-20H,1H3,(H,30,33). The Hall–Kier alpha value is -4.64. The van der Waals surface area contributed by atoms with Crippen molar-refractivity contribution < 1.29 is 9.53 Å². The Morgan fingerprint density at radius 3 is 2.00 bits per heavy atom. The Balaban J connectivity index is 1.45. The predicted octanol–water partition coefficient (Wildman–Crippen LogP) is 6.47. The molecule has 0 aliphatic heterocycles. The zero-order valence-electron chi connectivity index (χ0n) is 18.7. The van der Waals surface area contributed by atoms with Crippen LogP contribution in [0.4, 0.5) is 5.69 Å². The van der Waals surface area contributed by atoms with Gasteiger partial charge in [0.2, 0.25) is 0 Å². The number of hydrogen-bond donors (Lipinski definition) is 1. The van der Waals surface area contributed by atoms with Gasteiger partial charge in [-0.1, -0.05) is 60.7 Å². The lowest BCUT2D eigenvalue weighted by Crippen LogP contribution is -2.12. The van der Waals surface area contributed by atoms with Crippen molar-refractivity contribution in [3.05, 3.63) is 121 Å². The van der Waals surface area contributed by atoms with Gasteiger partial charge in [0.1, 0.15) is 5.75 Å². The summed E-state index contributed by atoms with van der Waals surface area (Å²) in [4.78, 5) is 12.7. The second kappa shape index (κ2) is 9.46. The van der Waals surface area contributed by atoms with Crippen LogP contribution in [0.25, 0.3) is 28.2 Å². The molecule has 0 bridgehead atoms. The molecule has 34 heavy (non-hydrogen) atoms. The summed E-state index contributed by atoms with van der Waals surface area (Å²) in [6.07, 6.45) is 0. The van der Waals surface area contributed by atoms with Crippen LogP contribution < -0.4 is 10.1 Å². The van der Waals surface area contributed by atoms with Crippen LogP contribution in [-0.4, -0.2) is 22.8 Å². The molecule has 1 amide bonds. The topological polar surface area (TPSA) is 56.1 Å². The lowest BCUT2D eigenvalue weighted by atomic mass is 10.1. The van der Waals surface area contributed by atoms with Gasteiger partial charge >= 0.3 is 0 Å². The quantitative estimate of drug-likeness (QED) is 0.326. The Morgan fingerprint density at radius 1 is 0.765 bits per heavy atom. The molecule has 0 aliphatic carbocycles. The Bertz CT molecular complexity index is 1390. The fraction of sp³-hybridized carbons (Fsp3) is 0.0345. The molecular weight excluding hydrogens is 422 g/mol. The Labute approximate surface area is 198 Å². The van der Waals surface area contributed by atoms with Crippen LogP contribution in [0.5, 0.6) is 5.75 Å². The third-order valence-corrected chi connectivity index (χ3v) is 5.57. The van der Waals surface area contributed by atoms with Crippen LogP contribution >= 0.6 is 0 Å². The van der Waals surface area contributed by atoms with Crippen molar-refractivity contribution >= 4 is 11.6 Å². The van der Waals surface area contributed by atoms with Crippen molar-refractivity contribution in [1.82, 2.24) is 9.78 Å². The fourth-order valence-electron chi connectivity index (χ4n) is 3.77. The van der Waals surface area contributed by atoms with Crippen molar-refractivity contribution in [3.8, 4) is 34.0 Å². The van der Waals surface area contributed by atoms with Crippen molar-refractivity contribution in [2.45, 2.75) is 0 Å². The first-order valence-electron chi connectivity index (χ1n) is 11.0. The number of methoxy groups -OCH3 is 1. The van der Waals surface area contributed by atoms with Crippen molar-refractivity contribution in [1.29, 1.82) is 0 Å². The highest BCUT2D eigenvalue weighted by Gasteiger charge is 2.14. The van der Waals surface area contributed by atoms with E-state index in [2.05, 4.69) is 23.5 Å². The molecule has 5 rings (SSSR count). The first-order valence-corrected chi connectivity index (χ1v) is 11.0. The van der Waals surface area contributed by atoms with Gasteiger partial charge < -0.3 is 10.1 Å². The van der Waals surface area contributed by atoms with Crippen molar-refractivity contribution in [2.24, 2.45) is 0 Å². The highest BCUT2D eigenvalue weighted by atomic mass is 16.5. The van der Waals surface area contributed by atoms with E-state index in [1.165, 1.54) is 0 Å². The number of nitrogens with zero attached hydrogens (tertiary/aromatic N) is 2. The highest BCUT2D eigenvalue weighted by molar-refractivity contribution is 6.04. The van der Waals surface area contributed by atoms with Crippen LogP contribution in [0.1, 0.15) is 10.4 Å². The van der Waals surface area contributed by atoms with Crippen LogP contribution in [0.3, 0.4) is 0 Å². The lowest BCUT2D eigenvalue weighted by Gasteiger charge is -2.10. The molecule has 0 saturated heterocycles. The summed E-state index contributed by atoms with van der Waals surface area (Å²) in [6, 6.07) is 37.1.